The molecule has 0 aliphatic rings. The van der Waals surface area contributed by atoms with Gasteiger partial charge in [0.1, 0.15) is 0 Å². The van der Waals surface area contributed by atoms with Crippen molar-refractivity contribution in [2.45, 2.75) is 20.3 Å². The predicted molar refractivity (Wildman–Crippen MR) is 65.4 cm³/mol. The lowest BCUT2D eigenvalue weighted by Crippen LogP contribution is -2.01. The van der Waals surface area contributed by atoms with Gasteiger partial charge in [0.05, 0.1) is 0 Å². The Morgan fingerprint density at radius 2 is 2.21 bits per heavy atom. The zero-order valence-electron chi connectivity index (χ0n) is 8.52. The summed E-state index contributed by atoms with van der Waals surface area (Å²) < 4.78 is 1.10. The van der Waals surface area contributed by atoms with Crippen molar-refractivity contribution in [2.24, 2.45) is 0 Å². The Morgan fingerprint density at radius 1 is 1.43 bits per heavy atom. The van der Waals surface area contributed by atoms with E-state index in [0.717, 1.165) is 23.1 Å². The van der Waals surface area contributed by atoms with E-state index in [4.69, 9.17) is 0 Å². The number of rotatable bonds is 3. The molecule has 0 saturated heterocycles. The van der Waals surface area contributed by atoms with Gasteiger partial charge in [-0.25, -0.2) is 0 Å². The van der Waals surface area contributed by atoms with Gasteiger partial charge in [-0.3, -0.25) is 0 Å². The van der Waals surface area contributed by atoms with Gasteiger partial charge < -0.3 is 5.32 Å². The molecule has 0 atom stereocenters. The zero-order chi connectivity index (χ0) is 10.4. The van der Waals surface area contributed by atoms with E-state index in [0.29, 0.717) is 0 Å². The van der Waals surface area contributed by atoms with Crippen LogP contribution in [0.5, 0.6) is 0 Å². The number of hydrogen-bond donors (Lipinski definition) is 1. The van der Waals surface area contributed by atoms with Crippen molar-refractivity contribution in [2.75, 3.05) is 11.9 Å². The van der Waals surface area contributed by atoms with E-state index in [-0.39, 0.29) is 0 Å². The molecule has 0 heterocycles. The van der Waals surface area contributed by atoms with Crippen molar-refractivity contribution in [3.05, 3.63) is 28.2 Å². The van der Waals surface area contributed by atoms with Crippen LogP contribution in [0, 0.1) is 18.8 Å². The second kappa shape index (κ2) is 5.72. The highest BCUT2D eigenvalue weighted by molar-refractivity contribution is 9.10. The summed E-state index contributed by atoms with van der Waals surface area (Å²) in [5, 5.41) is 3.34. The molecule has 1 N–H and O–H groups in total. The predicted octanol–water partition coefficient (Wildman–Crippen LogP) is 3.58. The third-order valence-corrected chi connectivity index (χ3v) is 2.56. The largest absolute Gasteiger partial charge is 0.383 e. The standard InChI is InChI=1S/C12H14BrN/c1-3-4-5-8-14-12-9-10(2)6-7-11(12)13/h6-7,9,14H,5,8H2,1-2H3. The van der Waals surface area contributed by atoms with Crippen LogP contribution in [0.2, 0.25) is 0 Å². The fourth-order valence-corrected chi connectivity index (χ4v) is 1.55. The molecule has 0 aliphatic heterocycles. The van der Waals surface area contributed by atoms with Crippen LogP contribution in [0.15, 0.2) is 22.7 Å². The first-order valence-electron chi connectivity index (χ1n) is 4.63. The SMILES string of the molecule is CC#CCCNc1cc(C)ccc1Br. The van der Waals surface area contributed by atoms with Gasteiger partial charge in [-0.15, -0.1) is 11.8 Å². The third kappa shape index (κ3) is 3.43. The van der Waals surface area contributed by atoms with Crippen LogP contribution in [-0.2, 0) is 0 Å². The zero-order valence-corrected chi connectivity index (χ0v) is 10.1. The van der Waals surface area contributed by atoms with E-state index in [1.54, 1.807) is 0 Å². The first-order valence-corrected chi connectivity index (χ1v) is 5.43. The topological polar surface area (TPSA) is 12.0 Å². The van der Waals surface area contributed by atoms with Gasteiger partial charge in [0.25, 0.3) is 0 Å². The highest BCUT2D eigenvalue weighted by Gasteiger charge is 1.97. The summed E-state index contributed by atoms with van der Waals surface area (Å²) in [6.45, 7) is 4.84. The molecule has 0 radical (unpaired) electrons. The fraction of sp³-hybridized carbons (Fsp3) is 0.333. The number of anilines is 1. The summed E-state index contributed by atoms with van der Waals surface area (Å²) in [5.74, 6) is 5.90. The fourth-order valence-electron chi connectivity index (χ4n) is 1.16. The Bertz CT molecular complexity index is 360. The monoisotopic (exact) mass is 251 g/mol. The minimum absolute atomic E-state index is 0.886. The van der Waals surface area contributed by atoms with E-state index < -0.39 is 0 Å². The molecule has 1 nitrogen and oxygen atoms in total. The highest BCUT2D eigenvalue weighted by Crippen LogP contribution is 2.22. The molecule has 14 heavy (non-hydrogen) atoms. The maximum atomic E-state index is 3.50. The Labute approximate surface area is 94.0 Å². The van der Waals surface area contributed by atoms with Crippen molar-refractivity contribution in [3.8, 4) is 11.8 Å². The second-order valence-corrected chi connectivity index (χ2v) is 3.94. The molecule has 0 fully saturated rings. The maximum Gasteiger partial charge on any atom is 0.0487 e. The van der Waals surface area contributed by atoms with Crippen LogP contribution in [0.1, 0.15) is 18.9 Å². The average Bonchev–Trinajstić information content (AvgIpc) is 2.18. The Hall–Kier alpha value is -0.940. The molecular formula is C12H14BrN. The summed E-state index contributed by atoms with van der Waals surface area (Å²) in [6, 6.07) is 6.27. The smallest absolute Gasteiger partial charge is 0.0487 e. The van der Waals surface area contributed by atoms with Crippen LogP contribution >= 0.6 is 15.9 Å². The minimum atomic E-state index is 0.886. The molecule has 1 rings (SSSR count). The van der Waals surface area contributed by atoms with Crippen molar-refractivity contribution in [1.82, 2.24) is 0 Å². The number of benzene rings is 1. The van der Waals surface area contributed by atoms with Crippen LogP contribution in [0.4, 0.5) is 5.69 Å². The van der Waals surface area contributed by atoms with Crippen molar-refractivity contribution in [1.29, 1.82) is 0 Å². The normalized spacial score (nSPS) is 9.07. The van der Waals surface area contributed by atoms with Gasteiger partial charge in [0.15, 0.2) is 0 Å². The molecule has 1 aromatic rings. The number of nitrogens with one attached hydrogen (secondary N) is 1. The lowest BCUT2D eigenvalue weighted by Gasteiger charge is -2.07. The lowest BCUT2D eigenvalue weighted by atomic mass is 10.2. The van der Waals surface area contributed by atoms with Gasteiger partial charge in [-0.05, 0) is 47.5 Å². The van der Waals surface area contributed by atoms with E-state index in [2.05, 4.69) is 58.2 Å². The van der Waals surface area contributed by atoms with E-state index in [1.165, 1.54) is 5.56 Å². The molecule has 0 saturated carbocycles. The van der Waals surface area contributed by atoms with Crippen LogP contribution < -0.4 is 5.32 Å². The Balaban J connectivity index is 2.56. The van der Waals surface area contributed by atoms with Crippen LogP contribution in [0.3, 0.4) is 0 Å². The molecule has 0 bridgehead atoms. The van der Waals surface area contributed by atoms with Gasteiger partial charge in [0.2, 0.25) is 0 Å². The molecule has 1 aromatic carbocycles. The van der Waals surface area contributed by atoms with E-state index in [1.807, 2.05) is 6.92 Å². The summed E-state index contributed by atoms with van der Waals surface area (Å²) in [5.41, 5.74) is 2.40. The average molecular weight is 252 g/mol. The quantitative estimate of drug-likeness (QED) is 0.640. The van der Waals surface area contributed by atoms with Crippen molar-refractivity contribution in [3.63, 3.8) is 0 Å². The van der Waals surface area contributed by atoms with Gasteiger partial charge in [-0.1, -0.05) is 6.07 Å². The Kier molecular flexibility index (Phi) is 4.55. The van der Waals surface area contributed by atoms with Gasteiger partial charge in [-0.2, -0.15) is 0 Å². The molecule has 0 aromatic heterocycles. The first-order chi connectivity index (χ1) is 6.74. The molecule has 0 aliphatic carbocycles. The molecule has 74 valence electrons. The lowest BCUT2D eigenvalue weighted by molar-refractivity contribution is 1.09. The molecule has 0 spiro atoms. The number of hydrogen-bond acceptors (Lipinski definition) is 1. The van der Waals surface area contributed by atoms with E-state index >= 15 is 0 Å². The highest BCUT2D eigenvalue weighted by atomic mass is 79.9. The summed E-state index contributed by atoms with van der Waals surface area (Å²) in [4.78, 5) is 0. The molecular weight excluding hydrogens is 238 g/mol. The van der Waals surface area contributed by atoms with Crippen molar-refractivity contribution < 1.29 is 0 Å². The second-order valence-electron chi connectivity index (χ2n) is 3.09. The van der Waals surface area contributed by atoms with Crippen LogP contribution in [0.25, 0.3) is 0 Å². The molecule has 0 unspecified atom stereocenters. The van der Waals surface area contributed by atoms with E-state index in [9.17, 15) is 0 Å². The molecule has 2 heteroatoms. The number of halogens is 1. The van der Waals surface area contributed by atoms with Gasteiger partial charge in [0, 0.05) is 23.1 Å². The van der Waals surface area contributed by atoms with Crippen LogP contribution in [-0.4, -0.2) is 6.54 Å². The Morgan fingerprint density at radius 3 is 2.93 bits per heavy atom. The number of aryl methyl sites for hydroxylation is 1. The first kappa shape index (κ1) is 11.1. The third-order valence-electron chi connectivity index (χ3n) is 1.86. The maximum absolute atomic E-state index is 3.50. The summed E-state index contributed by atoms with van der Waals surface area (Å²) >= 11 is 3.50. The molecule has 0 amide bonds. The van der Waals surface area contributed by atoms with Crippen molar-refractivity contribution >= 4 is 21.6 Å². The summed E-state index contributed by atoms with van der Waals surface area (Å²) in [7, 11) is 0. The minimum Gasteiger partial charge on any atom is -0.383 e. The summed E-state index contributed by atoms with van der Waals surface area (Å²) in [6.07, 6.45) is 0.886. The van der Waals surface area contributed by atoms with Gasteiger partial charge >= 0.3 is 0 Å².